The summed E-state index contributed by atoms with van der Waals surface area (Å²) in [5, 5.41) is 17.2. The van der Waals surface area contributed by atoms with Crippen LogP contribution in [0.4, 0.5) is 0 Å². The van der Waals surface area contributed by atoms with E-state index in [1.807, 2.05) is 0 Å². The molecular formula is C12H20CaO4. The minimum absolute atomic E-state index is 0.264. The molecule has 17 heavy (non-hydrogen) atoms. The molecule has 0 radical (unpaired) electrons. The van der Waals surface area contributed by atoms with E-state index in [1.54, 1.807) is 6.92 Å². The van der Waals surface area contributed by atoms with Gasteiger partial charge in [-0.25, -0.2) is 4.79 Å². The monoisotopic (exact) mass is 268 g/mol. The van der Waals surface area contributed by atoms with Gasteiger partial charge in [0.2, 0.25) is 0 Å². The van der Waals surface area contributed by atoms with Gasteiger partial charge in [0, 0.05) is 5.57 Å². The zero-order chi connectivity index (χ0) is 14.3. The van der Waals surface area contributed by atoms with E-state index in [9.17, 15) is 4.79 Å². The molecule has 0 aliphatic rings. The summed E-state index contributed by atoms with van der Waals surface area (Å²) in [6.45, 7) is 10.2. The topological polar surface area (TPSA) is 77.4 Å². The normalized spacial score (nSPS) is 7.76. The fourth-order valence-corrected chi connectivity index (χ4v) is 1.18. The van der Waals surface area contributed by atoms with Crippen LogP contribution >= 0.6 is 0 Å². The van der Waals surface area contributed by atoms with Crippen molar-refractivity contribution in [2.75, 3.05) is 0 Å². The van der Waals surface area contributed by atoms with Gasteiger partial charge in [0.05, 0.1) is 5.97 Å². The van der Waals surface area contributed by atoms with Gasteiger partial charge >= 0.3 is 64.0 Å². The van der Waals surface area contributed by atoms with E-state index in [2.05, 4.69) is 20.1 Å². The van der Waals surface area contributed by atoms with E-state index in [1.165, 1.54) is 51.1 Å². The van der Waals surface area contributed by atoms with Crippen molar-refractivity contribution in [1.29, 1.82) is 0 Å². The summed E-state index contributed by atoms with van der Waals surface area (Å²) < 4.78 is 1.47. The average Bonchev–Trinajstić information content (AvgIpc) is 2.30. The Morgan fingerprint density at radius 3 is 1.82 bits per heavy atom. The third-order valence-corrected chi connectivity index (χ3v) is 2.28. The third-order valence-electron chi connectivity index (χ3n) is 1.50. The number of carboxylic acids is 2. The first kappa shape index (κ1) is 21.9. The molecule has 0 heterocycles. The zero-order valence-electron chi connectivity index (χ0n) is 10.7. The summed E-state index contributed by atoms with van der Waals surface area (Å²) in [7, 11) is 0. The number of rotatable bonds is 5. The Labute approximate surface area is 127 Å². The Bertz CT molecular complexity index is 235. The molecule has 0 aliphatic carbocycles. The van der Waals surface area contributed by atoms with E-state index in [0.29, 0.717) is 6.42 Å². The van der Waals surface area contributed by atoms with Gasteiger partial charge in [-0.2, -0.15) is 0 Å². The quantitative estimate of drug-likeness (QED) is 0.603. The molecule has 0 saturated heterocycles. The maximum absolute atomic E-state index is 9.83. The molecule has 1 N–H and O–H groups in total. The molecular weight excluding hydrogens is 248 g/mol. The first-order valence-corrected chi connectivity index (χ1v) is 6.97. The van der Waals surface area contributed by atoms with Crippen LogP contribution < -0.4 is 5.11 Å². The summed E-state index contributed by atoms with van der Waals surface area (Å²) in [6, 6.07) is 0. The number of hydrogen-bond donors (Lipinski definition) is 1. The minimum atomic E-state index is -1.23. The molecule has 0 unspecified atom stereocenters. The molecule has 0 aliphatic heterocycles. The molecule has 0 spiro atoms. The predicted octanol–water partition coefficient (Wildman–Crippen LogP) is 1.33. The van der Waals surface area contributed by atoms with E-state index < -0.39 is 11.9 Å². The van der Waals surface area contributed by atoms with Gasteiger partial charge in [-0.1, -0.05) is 20.1 Å². The van der Waals surface area contributed by atoms with Crippen LogP contribution in [-0.4, -0.2) is 52.8 Å². The summed E-state index contributed by atoms with van der Waals surface area (Å²) in [4.78, 5) is 19.0. The standard InChI is InChI=1S/C5H8O2.C4H9.C3H4O2.Ca/c1-3-4(2)5(6)7;1-3-4-2;1-2-3(4)5;/h2-3H2,1H3,(H,6,7);1,3-4H2,2H3;2H,1H2,(H,4,5);/q;;;+1/p-1. The first-order valence-electron chi connectivity index (χ1n) is 5.40. The second kappa shape index (κ2) is 18.1. The molecule has 0 aromatic heterocycles. The molecule has 0 atom stereocenters. The maximum atomic E-state index is 9.83. The Hall–Kier alpha value is -0.320. The first-order chi connectivity index (χ1) is 7.87. The molecule has 94 valence electrons. The van der Waals surface area contributed by atoms with Crippen molar-refractivity contribution in [3.63, 3.8) is 0 Å². The van der Waals surface area contributed by atoms with Crippen LogP contribution in [0.15, 0.2) is 24.8 Å². The number of aliphatic carboxylic acids is 2. The fraction of sp³-hybridized carbons (Fsp3) is 0.500. The van der Waals surface area contributed by atoms with Crippen LogP contribution in [0.5, 0.6) is 0 Å². The fourth-order valence-electron chi connectivity index (χ4n) is 0.401. The van der Waals surface area contributed by atoms with Crippen molar-refractivity contribution in [1.82, 2.24) is 0 Å². The summed E-state index contributed by atoms with van der Waals surface area (Å²) in [5.74, 6) is -2.13. The van der Waals surface area contributed by atoms with Crippen LogP contribution in [0.3, 0.4) is 0 Å². The predicted molar refractivity (Wildman–Crippen MR) is 67.7 cm³/mol. The van der Waals surface area contributed by atoms with Crippen molar-refractivity contribution in [2.24, 2.45) is 0 Å². The zero-order valence-corrected chi connectivity index (χ0v) is 12.9. The van der Waals surface area contributed by atoms with Crippen LogP contribution in [0, 0.1) is 0 Å². The van der Waals surface area contributed by atoms with E-state index >= 15 is 0 Å². The van der Waals surface area contributed by atoms with Crippen molar-refractivity contribution in [3.8, 4) is 0 Å². The Balaban J connectivity index is -0.000000177. The Morgan fingerprint density at radius 1 is 1.41 bits per heavy atom. The van der Waals surface area contributed by atoms with Gasteiger partial charge in [-0.15, -0.1) is 0 Å². The molecule has 0 saturated carbocycles. The SMILES string of the molecule is C=C(CC)C(=O)O.C=CC(=O)[O-].CCC[CH2][Ca+]. The van der Waals surface area contributed by atoms with Gasteiger partial charge in [-0.3, -0.25) is 0 Å². The van der Waals surface area contributed by atoms with E-state index in [0.717, 1.165) is 6.08 Å². The number of carbonyl (C=O) groups is 2. The number of carbonyl (C=O) groups excluding carboxylic acids is 1. The summed E-state index contributed by atoms with van der Waals surface area (Å²) in [5.41, 5.74) is 0.264. The molecule has 0 amide bonds. The van der Waals surface area contributed by atoms with Gasteiger partial charge < -0.3 is 15.0 Å². The molecule has 0 rings (SSSR count). The van der Waals surface area contributed by atoms with Crippen molar-refractivity contribution < 1.29 is 19.8 Å². The molecule has 0 aromatic carbocycles. The summed E-state index contributed by atoms with van der Waals surface area (Å²) in [6.07, 6.45) is 4.06. The van der Waals surface area contributed by atoms with Gasteiger partial charge in [-0.05, 0) is 12.5 Å². The van der Waals surface area contributed by atoms with Gasteiger partial charge in [0.1, 0.15) is 0 Å². The average molecular weight is 268 g/mol. The summed E-state index contributed by atoms with van der Waals surface area (Å²) >= 11 is 1.48. The second-order valence-electron chi connectivity index (χ2n) is 2.99. The van der Waals surface area contributed by atoms with Crippen LogP contribution in [0.2, 0.25) is 2.52 Å². The van der Waals surface area contributed by atoms with Crippen molar-refractivity contribution >= 4 is 47.7 Å². The molecule has 0 aromatic rings. The Morgan fingerprint density at radius 2 is 1.82 bits per heavy atom. The van der Waals surface area contributed by atoms with Gasteiger partial charge in [0.15, 0.2) is 0 Å². The van der Waals surface area contributed by atoms with Crippen LogP contribution in [0.1, 0.15) is 33.1 Å². The van der Waals surface area contributed by atoms with E-state index in [4.69, 9.17) is 15.0 Å². The molecule has 0 bridgehead atoms. The van der Waals surface area contributed by atoms with Crippen molar-refractivity contribution in [2.45, 2.75) is 35.6 Å². The van der Waals surface area contributed by atoms with Gasteiger partial charge in [0.25, 0.3) is 0 Å². The number of hydrogen-bond acceptors (Lipinski definition) is 3. The van der Waals surface area contributed by atoms with Crippen LogP contribution in [0.25, 0.3) is 0 Å². The number of carboxylic acid groups (broad SMARTS) is 2. The third kappa shape index (κ3) is 31.3. The van der Waals surface area contributed by atoms with Crippen molar-refractivity contribution in [3.05, 3.63) is 24.8 Å². The second-order valence-corrected chi connectivity index (χ2v) is 4.10. The molecule has 0 fully saturated rings. The van der Waals surface area contributed by atoms with E-state index in [-0.39, 0.29) is 5.57 Å². The Kier molecular flexibility index (Phi) is 23.3. The number of unbranched alkanes of at least 4 members (excludes halogenated alkanes) is 1. The molecule has 4 nitrogen and oxygen atoms in total. The molecule has 5 heteroatoms. The van der Waals surface area contributed by atoms with Crippen LogP contribution in [-0.2, 0) is 9.59 Å².